The Morgan fingerprint density at radius 2 is 1.40 bits per heavy atom. The van der Waals surface area contributed by atoms with Gasteiger partial charge in [0.05, 0.1) is 0 Å². The molecule has 0 saturated heterocycles. The third-order valence-electron chi connectivity index (χ3n) is 2.04. The quantitative estimate of drug-likeness (QED) is 0.611. The van der Waals surface area contributed by atoms with E-state index in [1.165, 1.54) is 0 Å². The summed E-state index contributed by atoms with van der Waals surface area (Å²) >= 11 is 13.6. The van der Waals surface area contributed by atoms with Crippen molar-refractivity contribution in [3.63, 3.8) is 0 Å². The SMILES string of the molecule is Cc1csc(=S)n1[B-]n1c(C)csc1=S. The van der Waals surface area contributed by atoms with Gasteiger partial charge in [-0.3, -0.25) is 0 Å². The summed E-state index contributed by atoms with van der Waals surface area (Å²) in [7, 11) is 1.96. The molecular weight excluding hydrogens is 263 g/mol. The predicted molar refractivity (Wildman–Crippen MR) is 72.3 cm³/mol. The number of aromatic nitrogens is 2. The van der Waals surface area contributed by atoms with Crippen LogP contribution in [0.3, 0.4) is 0 Å². The second-order valence-electron chi connectivity index (χ2n) is 3.14. The van der Waals surface area contributed by atoms with Crippen LogP contribution in [0, 0.1) is 21.8 Å². The van der Waals surface area contributed by atoms with Crippen molar-refractivity contribution in [2.45, 2.75) is 13.8 Å². The zero-order valence-electron chi connectivity index (χ0n) is 8.26. The molecule has 0 fully saturated rings. The van der Waals surface area contributed by atoms with Gasteiger partial charge in [0.1, 0.15) is 7.91 Å². The summed E-state index contributed by atoms with van der Waals surface area (Å²) in [5, 5.41) is 4.09. The van der Waals surface area contributed by atoms with Gasteiger partial charge in [-0.05, 0) is 25.2 Å². The van der Waals surface area contributed by atoms with Crippen LogP contribution in [0.25, 0.3) is 0 Å². The van der Waals surface area contributed by atoms with Crippen molar-refractivity contribution in [3.05, 3.63) is 30.1 Å². The molecule has 0 aliphatic rings. The molecule has 0 aliphatic carbocycles. The van der Waals surface area contributed by atoms with Gasteiger partial charge in [0, 0.05) is 10.8 Å². The first-order chi connectivity index (χ1) is 7.09. The van der Waals surface area contributed by atoms with E-state index in [1.807, 2.05) is 41.1 Å². The van der Waals surface area contributed by atoms with E-state index in [1.54, 1.807) is 22.7 Å². The molecule has 2 rings (SSSR count). The summed E-state index contributed by atoms with van der Waals surface area (Å²) in [5.74, 6) is 0. The Morgan fingerprint density at radius 1 is 1.00 bits per heavy atom. The second-order valence-corrected chi connectivity index (χ2v) is 6.15. The van der Waals surface area contributed by atoms with Crippen LogP contribution >= 0.6 is 47.1 Å². The third-order valence-corrected chi connectivity index (χ3v) is 4.73. The number of hydrogen-bond donors (Lipinski definition) is 0. The Labute approximate surface area is 107 Å². The van der Waals surface area contributed by atoms with Crippen molar-refractivity contribution in [2.75, 3.05) is 0 Å². The van der Waals surface area contributed by atoms with Crippen LogP contribution in [-0.4, -0.2) is 16.5 Å². The highest BCUT2D eigenvalue weighted by Gasteiger charge is 1.93. The number of aryl methyl sites for hydroxylation is 2. The summed E-state index contributed by atoms with van der Waals surface area (Å²) < 4.78 is 5.66. The number of rotatable bonds is 2. The smallest absolute Gasteiger partial charge is 0.117 e. The Balaban J connectivity index is 2.46. The maximum atomic E-state index is 5.24. The lowest BCUT2D eigenvalue weighted by Gasteiger charge is -2.24. The number of nitrogens with zero attached hydrogens (tertiary/aromatic N) is 2. The number of hydrogen-bond acceptors (Lipinski definition) is 4. The fraction of sp³-hybridized carbons (Fsp3) is 0.250. The molecule has 7 heteroatoms. The summed E-state index contributed by atoms with van der Waals surface area (Å²) in [4.78, 5) is 0. The highest BCUT2D eigenvalue weighted by molar-refractivity contribution is 7.73. The Bertz CT molecular complexity index is 536. The largest absolute Gasteiger partial charge is 0.545 e. The first-order valence-electron chi connectivity index (χ1n) is 4.28. The van der Waals surface area contributed by atoms with E-state index >= 15 is 0 Å². The van der Waals surface area contributed by atoms with Gasteiger partial charge in [0.25, 0.3) is 0 Å². The summed E-state index contributed by atoms with van der Waals surface area (Å²) in [6, 6.07) is 0. The van der Waals surface area contributed by atoms with Crippen molar-refractivity contribution in [1.82, 2.24) is 8.96 Å². The van der Waals surface area contributed by atoms with Gasteiger partial charge in [-0.15, -0.1) is 22.7 Å². The molecule has 2 heterocycles. The molecule has 78 valence electrons. The average Bonchev–Trinajstić information content (AvgIpc) is 2.67. The molecule has 2 aromatic rings. The Morgan fingerprint density at radius 3 is 1.67 bits per heavy atom. The first kappa shape index (κ1) is 11.3. The minimum absolute atomic E-state index is 0.847. The normalized spacial score (nSPS) is 10.8. The molecule has 15 heavy (non-hydrogen) atoms. The van der Waals surface area contributed by atoms with E-state index in [4.69, 9.17) is 24.4 Å². The maximum absolute atomic E-state index is 5.24. The standard InChI is InChI=1S/C8H8BN2S4/c1-5-3-14-7(12)10(5)9-11-6(2)4-15-8(11)13/h3-4H,1-2H3/q-1. The van der Waals surface area contributed by atoms with Gasteiger partial charge in [-0.25, -0.2) is 0 Å². The predicted octanol–water partition coefficient (Wildman–Crippen LogP) is 3.42. The van der Waals surface area contributed by atoms with Gasteiger partial charge < -0.3 is 8.96 Å². The molecule has 0 amide bonds. The Kier molecular flexibility index (Phi) is 3.25. The van der Waals surface area contributed by atoms with Gasteiger partial charge in [-0.2, -0.15) is 0 Å². The molecular formula is C8H8BN2S4-. The third kappa shape index (κ3) is 2.15. The topological polar surface area (TPSA) is 9.86 Å². The lowest BCUT2D eigenvalue weighted by Crippen LogP contribution is -2.18. The highest BCUT2D eigenvalue weighted by atomic mass is 32.2. The van der Waals surface area contributed by atoms with Crippen LogP contribution in [0.5, 0.6) is 0 Å². The molecule has 2 nitrogen and oxygen atoms in total. The van der Waals surface area contributed by atoms with E-state index < -0.39 is 0 Å². The van der Waals surface area contributed by atoms with E-state index in [0.29, 0.717) is 0 Å². The molecule has 0 saturated carbocycles. The molecule has 0 spiro atoms. The van der Waals surface area contributed by atoms with Crippen LogP contribution in [-0.2, 0) is 0 Å². The van der Waals surface area contributed by atoms with Crippen molar-refractivity contribution in [1.29, 1.82) is 0 Å². The van der Waals surface area contributed by atoms with Gasteiger partial charge >= 0.3 is 0 Å². The van der Waals surface area contributed by atoms with Crippen LogP contribution in [0.2, 0.25) is 0 Å². The van der Waals surface area contributed by atoms with Crippen molar-refractivity contribution >= 4 is 54.7 Å². The molecule has 0 aliphatic heterocycles. The van der Waals surface area contributed by atoms with Gasteiger partial charge in [0.15, 0.2) is 0 Å². The van der Waals surface area contributed by atoms with E-state index in [0.717, 1.165) is 19.3 Å². The van der Waals surface area contributed by atoms with E-state index in [-0.39, 0.29) is 0 Å². The van der Waals surface area contributed by atoms with Crippen molar-refractivity contribution < 1.29 is 0 Å². The molecule has 2 radical (unpaired) electrons. The molecule has 2 aromatic heterocycles. The highest BCUT2D eigenvalue weighted by Crippen LogP contribution is 2.12. The van der Waals surface area contributed by atoms with Crippen LogP contribution in [0.1, 0.15) is 11.4 Å². The minimum atomic E-state index is 0.847. The lowest BCUT2D eigenvalue weighted by molar-refractivity contribution is 1.02. The van der Waals surface area contributed by atoms with Crippen molar-refractivity contribution in [3.8, 4) is 0 Å². The molecule has 0 N–H and O–H groups in total. The molecule has 0 bridgehead atoms. The maximum Gasteiger partial charge on any atom is 0.117 e. The second kappa shape index (κ2) is 4.33. The van der Waals surface area contributed by atoms with Crippen LogP contribution in [0.15, 0.2) is 10.8 Å². The average molecular weight is 271 g/mol. The fourth-order valence-corrected chi connectivity index (χ4v) is 3.23. The van der Waals surface area contributed by atoms with Crippen LogP contribution < -0.4 is 0 Å². The zero-order valence-corrected chi connectivity index (χ0v) is 11.5. The van der Waals surface area contributed by atoms with Crippen molar-refractivity contribution in [2.24, 2.45) is 0 Å². The monoisotopic (exact) mass is 271 g/mol. The summed E-state index contributed by atoms with van der Waals surface area (Å²) in [5.41, 5.74) is 2.27. The van der Waals surface area contributed by atoms with Gasteiger partial charge in [-0.1, -0.05) is 32.0 Å². The summed E-state index contributed by atoms with van der Waals surface area (Å²) in [6.45, 7) is 4.07. The van der Waals surface area contributed by atoms with E-state index in [9.17, 15) is 0 Å². The van der Waals surface area contributed by atoms with E-state index in [2.05, 4.69) is 0 Å². The first-order valence-corrected chi connectivity index (χ1v) is 6.85. The van der Waals surface area contributed by atoms with Gasteiger partial charge in [0.2, 0.25) is 0 Å². The molecule has 0 unspecified atom stereocenters. The van der Waals surface area contributed by atoms with Crippen LogP contribution in [0.4, 0.5) is 0 Å². The minimum Gasteiger partial charge on any atom is -0.545 e. The Hall–Kier alpha value is -0.235. The lowest BCUT2D eigenvalue weighted by atomic mass is 10.1. The fourth-order valence-electron chi connectivity index (χ4n) is 1.18. The number of thiazole rings is 2. The summed E-state index contributed by atoms with van der Waals surface area (Å²) in [6.07, 6.45) is 0. The zero-order chi connectivity index (χ0) is 11.0. The molecule has 0 aromatic carbocycles. The molecule has 0 atom stereocenters.